The molecule has 2 N–H and O–H groups in total. The van der Waals surface area contributed by atoms with E-state index in [0.29, 0.717) is 11.8 Å². The van der Waals surface area contributed by atoms with Crippen LogP contribution in [0.5, 0.6) is 0 Å². The van der Waals surface area contributed by atoms with Crippen LogP contribution in [0.15, 0.2) is 47.1 Å². The summed E-state index contributed by atoms with van der Waals surface area (Å²) in [5.74, 6) is 1.10. The Morgan fingerprint density at radius 2 is 1.58 bits per heavy atom. The maximum Gasteiger partial charge on any atom is 0.249 e. The van der Waals surface area contributed by atoms with Gasteiger partial charge in [0.05, 0.1) is 6.20 Å². The topological polar surface area (TPSA) is 62.7 Å². The van der Waals surface area contributed by atoms with Crippen LogP contribution in [0.1, 0.15) is 16.7 Å². The van der Waals surface area contributed by atoms with Crippen molar-refractivity contribution in [1.29, 1.82) is 0 Å². The highest BCUT2D eigenvalue weighted by atomic mass is 79.9. The van der Waals surface area contributed by atoms with Crippen LogP contribution in [0, 0.1) is 20.8 Å². The summed E-state index contributed by atoms with van der Waals surface area (Å²) in [6, 6.07) is 12.2. The van der Waals surface area contributed by atoms with E-state index < -0.39 is 0 Å². The molecule has 3 aromatic rings. The molecule has 3 rings (SSSR count). The summed E-state index contributed by atoms with van der Waals surface area (Å²) < 4.78 is 1.04. The van der Waals surface area contributed by atoms with Crippen LogP contribution >= 0.6 is 15.9 Å². The van der Waals surface area contributed by atoms with Gasteiger partial charge in [0.1, 0.15) is 0 Å². The first-order chi connectivity index (χ1) is 11.5. The maximum atomic E-state index is 4.48. The van der Waals surface area contributed by atoms with Crippen molar-refractivity contribution >= 4 is 39.1 Å². The van der Waals surface area contributed by atoms with Crippen LogP contribution in [0.25, 0.3) is 0 Å². The summed E-state index contributed by atoms with van der Waals surface area (Å²) in [6.45, 7) is 6.16. The van der Waals surface area contributed by atoms with E-state index in [-0.39, 0.29) is 0 Å². The molecule has 24 heavy (non-hydrogen) atoms. The Morgan fingerprint density at radius 1 is 0.875 bits per heavy atom. The van der Waals surface area contributed by atoms with Crippen molar-refractivity contribution < 1.29 is 0 Å². The molecule has 0 unspecified atom stereocenters. The van der Waals surface area contributed by atoms with Crippen LogP contribution in [0.2, 0.25) is 0 Å². The third-order valence-corrected chi connectivity index (χ3v) is 4.13. The predicted molar refractivity (Wildman–Crippen MR) is 101 cm³/mol. The number of nitrogens with zero attached hydrogens (tertiary/aromatic N) is 3. The Balaban J connectivity index is 1.81. The summed E-state index contributed by atoms with van der Waals surface area (Å²) >= 11 is 3.46. The second-order valence-electron chi connectivity index (χ2n) is 5.69. The molecule has 0 atom stereocenters. The molecule has 0 saturated heterocycles. The molecule has 0 spiro atoms. The van der Waals surface area contributed by atoms with E-state index >= 15 is 0 Å². The van der Waals surface area contributed by atoms with Gasteiger partial charge in [-0.2, -0.15) is 10.1 Å². The average molecular weight is 384 g/mol. The lowest BCUT2D eigenvalue weighted by molar-refractivity contribution is 0.981. The normalized spacial score (nSPS) is 10.5. The molecule has 0 saturated carbocycles. The zero-order valence-corrected chi connectivity index (χ0v) is 15.3. The molecule has 0 fully saturated rings. The van der Waals surface area contributed by atoms with E-state index in [2.05, 4.69) is 67.7 Å². The van der Waals surface area contributed by atoms with E-state index in [0.717, 1.165) is 27.0 Å². The van der Waals surface area contributed by atoms with Gasteiger partial charge < -0.3 is 10.6 Å². The first-order valence-corrected chi connectivity index (χ1v) is 8.38. The van der Waals surface area contributed by atoms with E-state index in [1.807, 2.05) is 31.2 Å². The quantitative estimate of drug-likeness (QED) is 0.659. The van der Waals surface area contributed by atoms with Crippen LogP contribution in [-0.4, -0.2) is 15.2 Å². The molecular weight excluding hydrogens is 366 g/mol. The zero-order chi connectivity index (χ0) is 17.1. The Hall–Kier alpha value is -2.47. The van der Waals surface area contributed by atoms with Crippen molar-refractivity contribution in [3.05, 3.63) is 63.8 Å². The Kier molecular flexibility index (Phi) is 4.76. The highest BCUT2D eigenvalue weighted by Crippen LogP contribution is 2.23. The highest BCUT2D eigenvalue weighted by molar-refractivity contribution is 9.10. The Morgan fingerprint density at radius 3 is 2.33 bits per heavy atom. The minimum absolute atomic E-state index is 0.454. The molecular formula is C18H18BrN5. The number of nitrogens with one attached hydrogen (secondary N) is 2. The van der Waals surface area contributed by atoms with Gasteiger partial charge in [0, 0.05) is 15.8 Å². The third kappa shape index (κ3) is 3.89. The van der Waals surface area contributed by atoms with Gasteiger partial charge in [0.2, 0.25) is 5.95 Å². The van der Waals surface area contributed by atoms with Crippen molar-refractivity contribution in [2.75, 3.05) is 10.6 Å². The molecule has 6 heteroatoms. The van der Waals surface area contributed by atoms with Gasteiger partial charge in [0.15, 0.2) is 5.82 Å². The highest BCUT2D eigenvalue weighted by Gasteiger charge is 2.06. The number of anilines is 4. The minimum Gasteiger partial charge on any atom is -0.339 e. The second-order valence-corrected chi connectivity index (χ2v) is 6.61. The van der Waals surface area contributed by atoms with Crippen LogP contribution in [-0.2, 0) is 0 Å². The van der Waals surface area contributed by atoms with Crippen LogP contribution in [0.3, 0.4) is 0 Å². The van der Waals surface area contributed by atoms with E-state index in [1.165, 1.54) is 5.56 Å². The summed E-state index contributed by atoms with van der Waals surface area (Å²) in [5, 5.41) is 14.6. The molecule has 0 aliphatic rings. The summed E-state index contributed by atoms with van der Waals surface area (Å²) in [6.07, 6.45) is 1.61. The third-order valence-electron chi connectivity index (χ3n) is 3.64. The average Bonchev–Trinajstić information content (AvgIpc) is 2.53. The maximum absolute atomic E-state index is 4.48. The van der Waals surface area contributed by atoms with Crippen molar-refractivity contribution in [1.82, 2.24) is 15.2 Å². The molecule has 0 radical (unpaired) electrons. The molecule has 122 valence electrons. The smallest absolute Gasteiger partial charge is 0.249 e. The van der Waals surface area contributed by atoms with Crippen molar-refractivity contribution in [3.63, 3.8) is 0 Å². The van der Waals surface area contributed by atoms with Gasteiger partial charge >= 0.3 is 0 Å². The monoisotopic (exact) mass is 383 g/mol. The van der Waals surface area contributed by atoms with Crippen molar-refractivity contribution in [2.45, 2.75) is 20.8 Å². The fourth-order valence-corrected chi connectivity index (χ4v) is 2.87. The first kappa shape index (κ1) is 16.4. The van der Waals surface area contributed by atoms with Gasteiger partial charge in [-0.15, -0.1) is 5.10 Å². The Bertz CT molecular complexity index is 810. The summed E-state index contributed by atoms with van der Waals surface area (Å²) in [7, 11) is 0. The predicted octanol–water partition coefficient (Wildman–Crippen LogP) is 5.05. The van der Waals surface area contributed by atoms with Crippen LogP contribution < -0.4 is 10.6 Å². The van der Waals surface area contributed by atoms with E-state index in [1.54, 1.807) is 6.20 Å². The zero-order valence-electron chi connectivity index (χ0n) is 13.8. The van der Waals surface area contributed by atoms with E-state index in [4.69, 9.17) is 0 Å². The van der Waals surface area contributed by atoms with Crippen LogP contribution in [0.4, 0.5) is 23.1 Å². The number of hydrogen-bond acceptors (Lipinski definition) is 5. The second kappa shape index (κ2) is 6.97. The minimum atomic E-state index is 0.454. The number of hydrogen-bond donors (Lipinski definition) is 2. The van der Waals surface area contributed by atoms with Gasteiger partial charge in [-0.3, -0.25) is 0 Å². The molecule has 0 bridgehead atoms. The molecule has 0 amide bonds. The largest absolute Gasteiger partial charge is 0.339 e. The number of halogens is 1. The summed E-state index contributed by atoms with van der Waals surface area (Å²) in [4.78, 5) is 4.48. The number of aryl methyl sites for hydroxylation is 3. The number of benzene rings is 2. The molecule has 1 aromatic heterocycles. The lowest BCUT2D eigenvalue weighted by atomic mass is 10.1. The fourth-order valence-electron chi connectivity index (χ4n) is 2.40. The number of rotatable bonds is 4. The molecule has 0 aliphatic carbocycles. The SMILES string of the molecule is Cc1ccc(Nc2cnnc(Nc3ccc(Br)cc3C)n2)c(C)c1. The Labute approximate surface area is 149 Å². The molecule has 5 nitrogen and oxygen atoms in total. The van der Waals surface area contributed by atoms with E-state index in [9.17, 15) is 0 Å². The first-order valence-electron chi connectivity index (χ1n) is 7.58. The number of aromatic nitrogens is 3. The van der Waals surface area contributed by atoms with Gasteiger partial charge in [0.25, 0.3) is 0 Å². The lowest BCUT2D eigenvalue weighted by Crippen LogP contribution is -2.03. The summed E-state index contributed by atoms with van der Waals surface area (Å²) in [5.41, 5.74) is 5.44. The molecule has 1 heterocycles. The van der Waals surface area contributed by atoms with Crippen molar-refractivity contribution in [3.8, 4) is 0 Å². The lowest BCUT2D eigenvalue weighted by Gasteiger charge is -2.11. The van der Waals surface area contributed by atoms with Gasteiger partial charge in [-0.25, -0.2) is 0 Å². The molecule has 0 aliphatic heterocycles. The fraction of sp³-hybridized carbons (Fsp3) is 0.167. The van der Waals surface area contributed by atoms with Gasteiger partial charge in [-0.05, 0) is 56.2 Å². The molecule has 2 aromatic carbocycles. The van der Waals surface area contributed by atoms with Crippen molar-refractivity contribution in [2.24, 2.45) is 0 Å². The van der Waals surface area contributed by atoms with Gasteiger partial charge in [-0.1, -0.05) is 33.6 Å². The standard InChI is InChI=1S/C18H18BrN5/c1-11-4-6-15(12(2)8-11)21-17-10-20-24-18(23-17)22-16-7-5-14(19)9-13(16)3/h4-10H,1-3H3,(H2,21,22,23,24).